The molecule has 0 spiro atoms. The second-order valence-corrected chi connectivity index (χ2v) is 4.15. The van der Waals surface area contributed by atoms with Crippen molar-refractivity contribution in [3.63, 3.8) is 0 Å². The van der Waals surface area contributed by atoms with Gasteiger partial charge in [-0.15, -0.1) is 0 Å². The van der Waals surface area contributed by atoms with Gasteiger partial charge >= 0.3 is 12.1 Å². The minimum absolute atomic E-state index is 0. The molecule has 2 heterocycles. The number of primary amides is 2. The number of piperazine rings is 2. The molecule has 2 saturated heterocycles. The van der Waals surface area contributed by atoms with Gasteiger partial charge in [0, 0.05) is 58.1 Å². The van der Waals surface area contributed by atoms with Crippen LogP contribution in [0.3, 0.4) is 0 Å². The van der Waals surface area contributed by atoms with Crippen molar-refractivity contribution in [2.24, 2.45) is 11.5 Å². The van der Waals surface area contributed by atoms with Crippen molar-refractivity contribution < 1.29 is 15.3 Å². The maximum Gasteiger partial charge on any atom is 0.314 e. The number of carbonyl (C=O) groups is 2. The van der Waals surface area contributed by atoms with E-state index in [1.807, 2.05) is 0 Å². The molecule has 112 valence electrons. The summed E-state index contributed by atoms with van der Waals surface area (Å²) in [6, 6.07) is -0.618. The third-order valence-corrected chi connectivity index (χ3v) is 2.86. The van der Waals surface area contributed by atoms with E-state index in [4.69, 9.17) is 11.5 Å². The molecule has 18 heavy (non-hydrogen) atoms. The Balaban J connectivity index is -0.000000125. The number of urea groups is 2. The van der Waals surface area contributed by atoms with Crippen LogP contribution < -0.4 is 22.1 Å². The van der Waals surface area contributed by atoms with Crippen LogP contribution in [0.15, 0.2) is 0 Å². The van der Waals surface area contributed by atoms with Gasteiger partial charge in [0.2, 0.25) is 0 Å². The number of nitrogens with zero attached hydrogens (tertiary/aromatic N) is 2. The maximum absolute atomic E-state index is 10.5. The SMILES string of the molecule is NC(=O)N1CCNCC1.NC(=O)N1CCNCC1.[HH].[HH].[HH].[HH]. The van der Waals surface area contributed by atoms with E-state index in [-0.39, 0.29) is 17.8 Å². The lowest BCUT2D eigenvalue weighted by molar-refractivity contribution is 0.199. The van der Waals surface area contributed by atoms with Crippen molar-refractivity contribution in [1.82, 2.24) is 20.4 Å². The average molecular weight is 266 g/mol. The molecular formula is C10H30N6O2. The van der Waals surface area contributed by atoms with Gasteiger partial charge in [0.1, 0.15) is 0 Å². The van der Waals surface area contributed by atoms with Crippen LogP contribution in [0, 0.1) is 0 Å². The summed E-state index contributed by atoms with van der Waals surface area (Å²) in [4.78, 5) is 24.2. The van der Waals surface area contributed by atoms with Crippen molar-refractivity contribution in [2.45, 2.75) is 0 Å². The standard InChI is InChI=1S/2C5H11N3O.4H2/c2*6-5(9)8-3-1-7-2-4-8;;;;/h2*7H,1-4H2,(H2,6,9);4*1H. The van der Waals surface area contributed by atoms with Crippen LogP contribution in [0.25, 0.3) is 0 Å². The Hall–Kier alpha value is -1.54. The average Bonchev–Trinajstić information content (AvgIpc) is 2.41. The first-order valence-corrected chi connectivity index (χ1v) is 6.11. The van der Waals surface area contributed by atoms with E-state index in [9.17, 15) is 9.59 Å². The summed E-state index contributed by atoms with van der Waals surface area (Å²) in [5.74, 6) is 0. The van der Waals surface area contributed by atoms with Gasteiger partial charge in [-0.3, -0.25) is 0 Å². The fourth-order valence-electron chi connectivity index (χ4n) is 1.77. The second kappa shape index (κ2) is 7.72. The van der Waals surface area contributed by atoms with E-state index >= 15 is 0 Å². The highest BCUT2D eigenvalue weighted by molar-refractivity contribution is 5.72. The van der Waals surface area contributed by atoms with Crippen LogP contribution in [0.2, 0.25) is 0 Å². The second-order valence-electron chi connectivity index (χ2n) is 4.15. The number of nitrogens with two attached hydrogens (primary N) is 2. The zero-order valence-electron chi connectivity index (χ0n) is 10.5. The molecule has 2 aliphatic heterocycles. The van der Waals surface area contributed by atoms with Crippen LogP contribution in [-0.2, 0) is 0 Å². The Labute approximate surface area is 113 Å². The first-order valence-electron chi connectivity index (χ1n) is 6.11. The molecule has 8 heteroatoms. The molecule has 2 aliphatic rings. The molecule has 0 aromatic rings. The summed E-state index contributed by atoms with van der Waals surface area (Å²) >= 11 is 0. The molecule has 0 bridgehead atoms. The molecule has 0 atom stereocenters. The number of nitrogens with one attached hydrogen (secondary N) is 2. The molecule has 4 amide bonds. The lowest BCUT2D eigenvalue weighted by atomic mass is 10.4. The van der Waals surface area contributed by atoms with Crippen LogP contribution in [0.4, 0.5) is 9.59 Å². The zero-order valence-corrected chi connectivity index (χ0v) is 10.5. The topological polar surface area (TPSA) is 117 Å². The number of carbonyl (C=O) groups excluding carboxylic acids is 2. The molecule has 0 aliphatic carbocycles. The first kappa shape index (κ1) is 14.5. The minimum Gasteiger partial charge on any atom is -0.351 e. The molecule has 2 fully saturated rings. The van der Waals surface area contributed by atoms with E-state index in [0.29, 0.717) is 0 Å². The molecule has 0 unspecified atom stereocenters. The summed E-state index contributed by atoms with van der Waals surface area (Å²) < 4.78 is 0. The molecule has 6 N–H and O–H groups in total. The number of rotatable bonds is 0. The normalized spacial score (nSPS) is 19.8. The lowest BCUT2D eigenvalue weighted by Crippen LogP contribution is -2.48. The zero-order chi connectivity index (χ0) is 13.4. The summed E-state index contributed by atoms with van der Waals surface area (Å²) in [7, 11) is 0. The number of hydrogen-bond acceptors (Lipinski definition) is 4. The Morgan fingerprint density at radius 1 is 0.778 bits per heavy atom. The predicted molar refractivity (Wildman–Crippen MR) is 76.5 cm³/mol. The largest absolute Gasteiger partial charge is 0.351 e. The number of amides is 4. The van der Waals surface area contributed by atoms with Gasteiger partial charge in [0.25, 0.3) is 0 Å². The fourth-order valence-corrected chi connectivity index (χ4v) is 1.77. The quantitative estimate of drug-likeness (QED) is 0.446. The predicted octanol–water partition coefficient (Wildman–Crippen LogP) is -1.08. The Kier molecular flexibility index (Phi) is 6.23. The van der Waals surface area contributed by atoms with Crippen LogP contribution in [0.5, 0.6) is 0 Å². The lowest BCUT2D eigenvalue weighted by Gasteiger charge is -2.25. The van der Waals surface area contributed by atoms with Crippen LogP contribution in [-0.4, -0.2) is 74.2 Å². The molecule has 0 aromatic carbocycles. The fraction of sp³-hybridized carbons (Fsp3) is 0.800. The van der Waals surface area contributed by atoms with Crippen molar-refractivity contribution in [3.05, 3.63) is 0 Å². The summed E-state index contributed by atoms with van der Waals surface area (Å²) in [6.07, 6.45) is 0. The van der Waals surface area contributed by atoms with Gasteiger partial charge in [-0.25, -0.2) is 9.59 Å². The monoisotopic (exact) mass is 266 g/mol. The van der Waals surface area contributed by atoms with E-state index < -0.39 is 0 Å². The van der Waals surface area contributed by atoms with Crippen molar-refractivity contribution in [2.75, 3.05) is 52.4 Å². The Morgan fingerprint density at radius 2 is 1.06 bits per heavy atom. The molecule has 8 nitrogen and oxygen atoms in total. The molecular weight excluding hydrogens is 236 g/mol. The summed E-state index contributed by atoms with van der Waals surface area (Å²) in [5.41, 5.74) is 10.1. The van der Waals surface area contributed by atoms with Crippen molar-refractivity contribution >= 4 is 12.1 Å². The van der Waals surface area contributed by atoms with Crippen LogP contribution in [0.1, 0.15) is 5.71 Å². The molecule has 0 aromatic heterocycles. The van der Waals surface area contributed by atoms with E-state index in [1.54, 1.807) is 9.80 Å². The highest BCUT2D eigenvalue weighted by Gasteiger charge is 2.12. The van der Waals surface area contributed by atoms with Gasteiger partial charge in [-0.05, 0) is 0 Å². The van der Waals surface area contributed by atoms with Gasteiger partial charge in [-0.2, -0.15) is 0 Å². The summed E-state index contributed by atoms with van der Waals surface area (Å²) in [6.45, 7) is 6.44. The molecule has 0 saturated carbocycles. The van der Waals surface area contributed by atoms with Crippen molar-refractivity contribution in [3.8, 4) is 0 Å². The van der Waals surface area contributed by atoms with Crippen molar-refractivity contribution in [1.29, 1.82) is 0 Å². The minimum atomic E-state index is -0.309. The van der Waals surface area contributed by atoms with E-state index in [1.165, 1.54) is 0 Å². The van der Waals surface area contributed by atoms with E-state index in [2.05, 4.69) is 10.6 Å². The van der Waals surface area contributed by atoms with Gasteiger partial charge in [-0.1, -0.05) is 0 Å². The highest BCUT2D eigenvalue weighted by atomic mass is 16.2. The van der Waals surface area contributed by atoms with Crippen LogP contribution >= 0.6 is 0 Å². The van der Waals surface area contributed by atoms with Gasteiger partial charge in [0.05, 0.1) is 0 Å². The van der Waals surface area contributed by atoms with E-state index in [0.717, 1.165) is 52.4 Å². The molecule has 0 radical (unpaired) electrons. The first-order chi connectivity index (χ1) is 8.61. The Morgan fingerprint density at radius 3 is 1.22 bits per heavy atom. The Bertz CT molecular complexity index is 261. The third-order valence-electron chi connectivity index (χ3n) is 2.86. The number of hydrogen-bond donors (Lipinski definition) is 4. The smallest absolute Gasteiger partial charge is 0.314 e. The third kappa shape index (κ3) is 5.19. The molecule has 2 rings (SSSR count). The maximum atomic E-state index is 10.5. The highest BCUT2D eigenvalue weighted by Crippen LogP contribution is 1.89. The van der Waals surface area contributed by atoms with Gasteiger partial charge < -0.3 is 31.9 Å². The summed E-state index contributed by atoms with van der Waals surface area (Å²) in [5, 5.41) is 6.24. The van der Waals surface area contributed by atoms with Gasteiger partial charge in [0.15, 0.2) is 0 Å².